The van der Waals surface area contributed by atoms with Crippen LogP contribution in [0.2, 0.25) is 0 Å². The molecule has 4 nitrogen and oxygen atoms in total. The molecule has 4 aromatic rings. The summed E-state index contributed by atoms with van der Waals surface area (Å²) < 4.78 is 8.23. The average Bonchev–Trinajstić information content (AvgIpc) is 3.08. The Hall–Kier alpha value is -2.79. The van der Waals surface area contributed by atoms with Crippen molar-refractivity contribution in [3.63, 3.8) is 0 Å². The third-order valence-corrected chi connectivity index (χ3v) is 5.11. The maximum atomic E-state index is 6.15. The van der Waals surface area contributed by atoms with E-state index in [1.54, 1.807) is 11.8 Å². The SMILES string of the molecule is CC(C)Sc1nnc(COc2cccc3ccccc23)n1-c1ccccc1. The van der Waals surface area contributed by atoms with Gasteiger partial charge < -0.3 is 4.74 Å². The van der Waals surface area contributed by atoms with Crippen LogP contribution < -0.4 is 4.74 Å². The highest BCUT2D eigenvalue weighted by molar-refractivity contribution is 7.99. The molecule has 0 aliphatic rings. The first kappa shape index (κ1) is 17.6. The molecule has 0 saturated heterocycles. The van der Waals surface area contributed by atoms with Crippen molar-refractivity contribution in [3.05, 3.63) is 78.6 Å². The average molecular weight is 375 g/mol. The van der Waals surface area contributed by atoms with Gasteiger partial charge in [-0.25, -0.2) is 0 Å². The summed E-state index contributed by atoms with van der Waals surface area (Å²) in [5.74, 6) is 1.64. The number of hydrogen-bond acceptors (Lipinski definition) is 4. The van der Waals surface area contributed by atoms with E-state index in [-0.39, 0.29) is 0 Å². The highest BCUT2D eigenvalue weighted by Gasteiger charge is 2.16. The molecular formula is C22H21N3OS. The summed E-state index contributed by atoms with van der Waals surface area (Å²) in [6, 6.07) is 24.5. The van der Waals surface area contributed by atoms with E-state index >= 15 is 0 Å². The number of aromatic nitrogens is 3. The van der Waals surface area contributed by atoms with Gasteiger partial charge in [0.15, 0.2) is 11.0 Å². The lowest BCUT2D eigenvalue weighted by Crippen LogP contribution is -2.07. The van der Waals surface area contributed by atoms with Crippen molar-refractivity contribution >= 4 is 22.5 Å². The van der Waals surface area contributed by atoms with Crippen LogP contribution >= 0.6 is 11.8 Å². The Bertz CT molecular complexity index is 1040. The zero-order valence-corrected chi connectivity index (χ0v) is 16.2. The molecule has 136 valence electrons. The normalized spacial score (nSPS) is 11.2. The molecule has 0 fully saturated rings. The van der Waals surface area contributed by atoms with E-state index in [0.29, 0.717) is 11.9 Å². The lowest BCUT2D eigenvalue weighted by Gasteiger charge is -2.13. The molecule has 0 aliphatic carbocycles. The molecule has 1 heterocycles. The molecule has 0 spiro atoms. The van der Waals surface area contributed by atoms with Crippen molar-refractivity contribution in [3.8, 4) is 11.4 Å². The van der Waals surface area contributed by atoms with Crippen LogP contribution in [-0.4, -0.2) is 20.0 Å². The number of hydrogen-bond donors (Lipinski definition) is 0. The van der Waals surface area contributed by atoms with E-state index in [1.165, 1.54) is 0 Å². The predicted octanol–water partition coefficient (Wildman–Crippen LogP) is 5.50. The number of fused-ring (bicyclic) bond motifs is 1. The second-order valence-electron chi connectivity index (χ2n) is 6.50. The maximum Gasteiger partial charge on any atom is 0.196 e. The van der Waals surface area contributed by atoms with E-state index < -0.39 is 0 Å². The third kappa shape index (κ3) is 3.83. The van der Waals surface area contributed by atoms with Crippen LogP contribution in [0, 0.1) is 0 Å². The van der Waals surface area contributed by atoms with Gasteiger partial charge in [0.2, 0.25) is 0 Å². The number of ether oxygens (including phenoxy) is 1. The number of rotatable bonds is 6. The minimum Gasteiger partial charge on any atom is -0.485 e. The van der Waals surface area contributed by atoms with E-state index in [2.05, 4.69) is 58.9 Å². The lowest BCUT2D eigenvalue weighted by atomic mass is 10.1. The van der Waals surface area contributed by atoms with Crippen molar-refractivity contribution in [1.82, 2.24) is 14.8 Å². The Morgan fingerprint density at radius 3 is 2.44 bits per heavy atom. The highest BCUT2D eigenvalue weighted by atomic mass is 32.2. The largest absolute Gasteiger partial charge is 0.485 e. The molecule has 27 heavy (non-hydrogen) atoms. The van der Waals surface area contributed by atoms with Gasteiger partial charge in [0.25, 0.3) is 0 Å². The van der Waals surface area contributed by atoms with Crippen LogP contribution in [0.5, 0.6) is 5.75 Å². The number of nitrogens with zero attached hydrogens (tertiary/aromatic N) is 3. The molecule has 0 unspecified atom stereocenters. The first-order valence-electron chi connectivity index (χ1n) is 8.99. The quantitative estimate of drug-likeness (QED) is 0.417. The summed E-state index contributed by atoms with van der Waals surface area (Å²) in [7, 11) is 0. The molecule has 0 atom stereocenters. The molecule has 1 aromatic heterocycles. The van der Waals surface area contributed by atoms with Gasteiger partial charge in [-0.1, -0.05) is 80.2 Å². The van der Waals surface area contributed by atoms with Crippen molar-refractivity contribution in [2.45, 2.75) is 30.9 Å². The minimum atomic E-state index is 0.356. The van der Waals surface area contributed by atoms with Crippen molar-refractivity contribution < 1.29 is 4.74 Å². The van der Waals surface area contributed by atoms with Crippen LogP contribution in [0.1, 0.15) is 19.7 Å². The molecule has 0 bridgehead atoms. The van der Waals surface area contributed by atoms with E-state index in [4.69, 9.17) is 4.74 Å². The molecule has 3 aromatic carbocycles. The second kappa shape index (κ2) is 7.84. The topological polar surface area (TPSA) is 39.9 Å². The Labute approximate surface area is 163 Å². The lowest BCUT2D eigenvalue weighted by molar-refractivity contribution is 0.296. The van der Waals surface area contributed by atoms with E-state index in [0.717, 1.165) is 33.2 Å². The van der Waals surface area contributed by atoms with Crippen molar-refractivity contribution in [2.24, 2.45) is 0 Å². The molecule has 0 aliphatic heterocycles. The summed E-state index contributed by atoms with van der Waals surface area (Å²) >= 11 is 1.70. The van der Waals surface area contributed by atoms with Crippen molar-refractivity contribution in [1.29, 1.82) is 0 Å². The summed E-state index contributed by atoms with van der Waals surface area (Å²) in [6.07, 6.45) is 0. The summed E-state index contributed by atoms with van der Waals surface area (Å²) in [5, 5.41) is 12.4. The van der Waals surface area contributed by atoms with Gasteiger partial charge in [-0.05, 0) is 23.6 Å². The van der Waals surface area contributed by atoms with Gasteiger partial charge in [0, 0.05) is 16.3 Å². The Kier molecular flexibility index (Phi) is 5.12. The zero-order chi connectivity index (χ0) is 18.6. The molecule has 0 saturated carbocycles. The standard InChI is InChI=1S/C22H21N3OS/c1-16(2)27-22-24-23-21(25(22)18-11-4-3-5-12-18)15-26-20-14-8-10-17-9-6-7-13-19(17)20/h3-14,16H,15H2,1-2H3. The predicted molar refractivity (Wildman–Crippen MR) is 111 cm³/mol. The van der Waals surface area contributed by atoms with Gasteiger partial charge in [-0.15, -0.1) is 10.2 Å². The highest BCUT2D eigenvalue weighted by Crippen LogP contribution is 2.28. The Morgan fingerprint density at radius 2 is 1.63 bits per heavy atom. The molecular weight excluding hydrogens is 354 g/mol. The van der Waals surface area contributed by atoms with Gasteiger partial charge in [-0.3, -0.25) is 4.57 Å². The van der Waals surface area contributed by atoms with Gasteiger partial charge >= 0.3 is 0 Å². The summed E-state index contributed by atoms with van der Waals surface area (Å²) in [5.41, 5.74) is 1.04. The Morgan fingerprint density at radius 1 is 0.889 bits per heavy atom. The summed E-state index contributed by atoms with van der Waals surface area (Å²) in [4.78, 5) is 0. The second-order valence-corrected chi connectivity index (χ2v) is 8.05. The smallest absolute Gasteiger partial charge is 0.196 e. The number of thioether (sulfide) groups is 1. The monoisotopic (exact) mass is 375 g/mol. The summed E-state index contributed by atoms with van der Waals surface area (Å²) in [6.45, 7) is 4.66. The molecule has 0 radical (unpaired) electrons. The van der Waals surface area contributed by atoms with E-state index in [9.17, 15) is 0 Å². The molecule has 0 amide bonds. The van der Waals surface area contributed by atoms with Crippen LogP contribution in [0.15, 0.2) is 78.0 Å². The fourth-order valence-corrected chi connectivity index (χ4v) is 3.81. The zero-order valence-electron chi connectivity index (χ0n) is 15.4. The first-order chi connectivity index (χ1) is 13.2. The molecule has 0 N–H and O–H groups in total. The third-order valence-electron chi connectivity index (χ3n) is 4.16. The fourth-order valence-electron chi connectivity index (χ4n) is 2.98. The van der Waals surface area contributed by atoms with Crippen LogP contribution in [0.25, 0.3) is 16.5 Å². The van der Waals surface area contributed by atoms with E-state index in [1.807, 2.05) is 42.5 Å². The fraction of sp³-hybridized carbons (Fsp3) is 0.182. The number of benzene rings is 3. The maximum absolute atomic E-state index is 6.15. The van der Waals surface area contributed by atoms with Gasteiger partial charge in [0.1, 0.15) is 12.4 Å². The van der Waals surface area contributed by atoms with Gasteiger partial charge in [-0.2, -0.15) is 0 Å². The molecule has 4 rings (SSSR count). The first-order valence-corrected chi connectivity index (χ1v) is 9.87. The number of para-hydroxylation sites is 1. The van der Waals surface area contributed by atoms with Crippen LogP contribution in [-0.2, 0) is 6.61 Å². The van der Waals surface area contributed by atoms with Crippen molar-refractivity contribution in [2.75, 3.05) is 0 Å². The van der Waals surface area contributed by atoms with Crippen LogP contribution in [0.3, 0.4) is 0 Å². The minimum absolute atomic E-state index is 0.356. The Balaban J connectivity index is 1.67. The molecule has 5 heteroatoms. The van der Waals surface area contributed by atoms with Crippen LogP contribution in [0.4, 0.5) is 0 Å². The van der Waals surface area contributed by atoms with Gasteiger partial charge in [0.05, 0.1) is 0 Å².